The largest absolute Gasteiger partial charge is 0.497 e. The zero-order chi connectivity index (χ0) is 19.8. The second kappa shape index (κ2) is 7.49. The number of aromatic nitrogens is 1. The summed E-state index contributed by atoms with van der Waals surface area (Å²) < 4.78 is 7.74. The van der Waals surface area contributed by atoms with Crippen LogP contribution in [0.5, 0.6) is 5.75 Å². The van der Waals surface area contributed by atoms with E-state index in [0.29, 0.717) is 24.6 Å². The van der Waals surface area contributed by atoms with Gasteiger partial charge in [0, 0.05) is 35.7 Å². The third kappa shape index (κ3) is 3.15. The number of benzene rings is 1. The number of amides is 1. The average molecular weight is 384 g/mol. The van der Waals surface area contributed by atoms with E-state index in [4.69, 9.17) is 4.74 Å². The molecule has 150 valence electrons. The van der Waals surface area contributed by atoms with Gasteiger partial charge in [0.25, 0.3) is 5.91 Å². The zero-order valence-corrected chi connectivity index (χ0v) is 16.6. The third-order valence-corrected chi connectivity index (χ3v) is 6.42. The molecule has 2 aromatic rings. The highest BCUT2D eigenvalue weighted by molar-refractivity contribution is 6.09. The minimum absolute atomic E-state index is 0.0570. The number of nitrogens with zero attached hydrogens (tertiary/aromatic N) is 2. The Bertz CT molecular complexity index is 911. The molecule has 2 heterocycles. The number of aliphatic carboxylic acids is 1. The minimum atomic E-state index is -0.815. The lowest BCUT2D eigenvalue weighted by Gasteiger charge is -2.31. The smallest absolute Gasteiger partial charge is 0.308 e. The van der Waals surface area contributed by atoms with Gasteiger partial charge in [0.1, 0.15) is 5.75 Å². The maximum Gasteiger partial charge on any atom is 0.308 e. The average Bonchev–Trinajstić information content (AvgIpc) is 3.32. The van der Waals surface area contributed by atoms with E-state index in [-0.39, 0.29) is 12.5 Å². The SMILES string of the molecule is COc1ccc2c(c1)c(C(=O)N1CCC[C@H](C(=O)O)C1)c(C)n2C1CCCC1. The van der Waals surface area contributed by atoms with Crippen molar-refractivity contribution in [3.8, 4) is 5.75 Å². The lowest BCUT2D eigenvalue weighted by atomic mass is 9.97. The molecule has 6 nitrogen and oxygen atoms in total. The normalized spacial score (nSPS) is 20.6. The van der Waals surface area contributed by atoms with E-state index >= 15 is 0 Å². The number of carboxylic acid groups (broad SMARTS) is 1. The van der Waals surface area contributed by atoms with Crippen molar-refractivity contribution in [1.29, 1.82) is 0 Å². The van der Waals surface area contributed by atoms with Crippen LogP contribution in [0.4, 0.5) is 0 Å². The maximum atomic E-state index is 13.5. The van der Waals surface area contributed by atoms with Crippen LogP contribution in [0.3, 0.4) is 0 Å². The second-order valence-corrected chi connectivity index (χ2v) is 8.08. The van der Waals surface area contributed by atoms with Crippen molar-refractivity contribution in [2.45, 2.75) is 51.5 Å². The van der Waals surface area contributed by atoms with Gasteiger partial charge >= 0.3 is 5.97 Å². The Kier molecular flexibility index (Phi) is 5.04. The summed E-state index contributed by atoms with van der Waals surface area (Å²) in [5, 5.41) is 10.3. The molecule has 0 unspecified atom stereocenters. The topological polar surface area (TPSA) is 71.8 Å². The molecule has 0 spiro atoms. The molecule has 1 aromatic heterocycles. The summed E-state index contributed by atoms with van der Waals surface area (Å²) in [5.74, 6) is -0.620. The van der Waals surface area contributed by atoms with Crippen molar-refractivity contribution in [2.75, 3.05) is 20.2 Å². The van der Waals surface area contributed by atoms with Crippen LogP contribution in [-0.2, 0) is 4.79 Å². The van der Waals surface area contributed by atoms with Crippen LogP contribution in [0.15, 0.2) is 18.2 Å². The van der Waals surface area contributed by atoms with E-state index in [1.54, 1.807) is 12.0 Å². The Hall–Kier alpha value is -2.50. The molecule has 2 fully saturated rings. The molecule has 1 aromatic carbocycles. The Morgan fingerprint density at radius 1 is 1.14 bits per heavy atom. The fourth-order valence-electron chi connectivity index (χ4n) is 4.97. The van der Waals surface area contributed by atoms with Crippen LogP contribution in [0.2, 0.25) is 0 Å². The predicted molar refractivity (Wildman–Crippen MR) is 107 cm³/mol. The summed E-state index contributed by atoms with van der Waals surface area (Å²) in [6, 6.07) is 6.36. The van der Waals surface area contributed by atoms with E-state index in [2.05, 4.69) is 4.57 Å². The van der Waals surface area contributed by atoms with E-state index in [1.165, 1.54) is 12.8 Å². The molecule has 28 heavy (non-hydrogen) atoms. The maximum absolute atomic E-state index is 13.5. The Morgan fingerprint density at radius 2 is 1.89 bits per heavy atom. The van der Waals surface area contributed by atoms with Gasteiger partial charge in [-0.3, -0.25) is 9.59 Å². The van der Waals surface area contributed by atoms with E-state index in [0.717, 1.165) is 41.6 Å². The van der Waals surface area contributed by atoms with E-state index in [1.807, 2.05) is 25.1 Å². The first-order valence-electron chi connectivity index (χ1n) is 10.2. The number of piperidine rings is 1. The van der Waals surface area contributed by atoms with Gasteiger partial charge in [0.15, 0.2) is 0 Å². The van der Waals surface area contributed by atoms with E-state index < -0.39 is 11.9 Å². The predicted octanol–water partition coefficient (Wildman–Crippen LogP) is 4.01. The summed E-state index contributed by atoms with van der Waals surface area (Å²) in [7, 11) is 1.63. The molecule has 6 heteroatoms. The number of carbonyl (C=O) groups excluding carboxylic acids is 1. The lowest BCUT2D eigenvalue weighted by Crippen LogP contribution is -2.42. The minimum Gasteiger partial charge on any atom is -0.497 e. The highest BCUT2D eigenvalue weighted by atomic mass is 16.5. The van der Waals surface area contributed by atoms with Crippen molar-refractivity contribution in [3.63, 3.8) is 0 Å². The van der Waals surface area contributed by atoms with Crippen LogP contribution in [-0.4, -0.2) is 46.6 Å². The molecule has 2 aliphatic rings. The molecule has 1 atom stereocenters. The molecule has 1 N–H and O–H groups in total. The summed E-state index contributed by atoms with van der Waals surface area (Å²) in [6.45, 7) is 2.92. The molecule has 0 radical (unpaired) electrons. The van der Waals surface area contributed by atoms with Gasteiger partial charge in [-0.2, -0.15) is 0 Å². The molecule has 1 aliphatic carbocycles. The summed E-state index contributed by atoms with van der Waals surface area (Å²) in [4.78, 5) is 26.7. The van der Waals surface area contributed by atoms with Crippen molar-refractivity contribution in [1.82, 2.24) is 9.47 Å². The van der Waals surface area contributed by atoms with Gasteiger partial charge < -0.3 is 19.3 Å². The quantitative estimate of drug-likeness (QED) is 0.864. The van der Waals surface area contributed by atoms with Gasteiger partial charge in [0.2, 0.25) is 0 Å². The summed E-state index contributed by atoms with van der Waals surface area (Å²) >= 11 is 0. The van der Waals surface area contributed by atoms with Gasteiger partial charge in [-0.05, 0) is 50.8 Å². The summed E-state index contributed by atoms with van der Waals surface area (Å²) in [5.41, 5.74) is 2.75. The highest BCUT2D eigenvalue weighted by Crippen LogP contribution is 2.38. The van der Waals surface area contributed by atoms with Crippen molar-refractivity contribution < 1.29 is 19.4 Å². The van der Waals surface area contributed by atoms with E-state index in [9.17, 15) is 14.7 Å². The third-order valence-electron chi connectivity index (χ3n) is 6.42. The van der Waals surface area contributed by atoms with Crippen molar-refractivity contribution >= 4 is 22.8 Å². The number of hydrogen-bond acceptors (Lipinski definition) is 3. The first-order chi connectivity index (χ1) is 13.5. The van der Waals surface area contributed by atoms with Gasteiger partial charge in [0.05, 0.1) is 18.6 Å². The molecular weight excluding hydrogens is 356 g/mol. The Morgan fingerprint density at radius 3 is 2.57 bits per heavy atom. The monoisotopic (exact) mass is 384 g/mol. The molecule has 0 bridgehead atoms. The van der Waals surface area contributed by atoms with Gasteiger partial charge in [-0.1, -0.05) is 12.8 Å². The fraction of sp³-hybridized carbons (Fsp3) is 0.545. The van der Waals surface area contributed by atoms with Gasteiger partial charge in [-0.25, -0.2) is 0 Å². The number of fused-ring (bicyclic) bond motifs is 1. The lowest BCUT2D eigenvalue weighted by molar-refractivity contribution is -0.143. The van der Waals surface area contributed by atoms with Crippen LogP contribution in [0, 0.1) is 12.8 Å². The van der Waals surface area contributed by atoms with Crippen LogP contribution >= 0.6 is 0 Å². The van der Waals surface area contributed by atoms with Crippen LogP contribution in [0.25, 0.3) is 10.9 Å². The number of rotatable bonds is 4. The standard InChI is InChI=1S/C22H28N2O4/c1-14-20(21(25)23-11-5-6-15(13-23)22(26)27)18-12-17(28-2)9-10-19(18)24(14)16-7-3-4-8-16/h9-10,12,15-16H,3-8,11,13H2,1-2H3,(H,26,27)/t15-/m0/s1. The molecular formula is C22H28N2O4. The number of methoxy groups -OCH3 is 1. The first-order valence-corrected chi connectivity index (χ1v) is 10.2. The molecule has 1 amide bonds. The van der Waals surface area contributed by atoms with Gasteiger partial charge in [-0.15, -0.1) is 0 Å². The van der Waals surface area contributed by atoms with Crippen LogP contribution < -0.4 is 4.74 Å². The number of likely N-dealkylation sites (tertiary alicyclic amines) is 1. The summed E-state index contributed by atoms with van der Waals surface area (Å²) in [6.07, 6.45) is 6.07. The van der Waals surface area contributed by atoms with Crippen molar-refractivity contribution in [3.05, 3.63) is 29.5 Å². The molecule has 1 saturated heterocycles. The second-order valence-electron chi connectivity index (χ2n) is 8.08. The highest BCUT2D eigenvalue weighted by Gasteiger charge is 2.32. The number of carboxylic acids is 1. The number of hydrogen-bond donors (Lipinski definition) is 1. The Balaban J connectivity index is 1.79. The van der Waals surface area contributed by atoms with Crippen molar-refractivity contribution in [2.24, 2.45) is 5.92 Å². The molecule has 1 saturated carbocycles. The fourth-order valence-corrected chi connectivity index (χ4v) is 4.97. The molecule has 4 rings (SSSR count). The number of carbonyl (C=O) groups is 2. The zero-order valence-electron chi connectivity index (χ0n) is 16.6. The Labute approximate surface area is 165 Å². The first kappa shape index (κ1) is 18.8. The number of ether oxygens (including phenoxy) is 1. The molecule has 1 aliphatic heterocycles. The van der Waals surface area contributed by atoms with Crippen LogP contribution in [0.1, 0.15) is 60.6 Å².